The van der Waals surface area contributed by atoms with Crippen molar-refractivity contribution in [3.8, 4) is 11.1 Å². The normalized spacial score (nSPS) is 11.7. The second-order valence-electron chi connectivity index (χ2n) is 6.12. The predicted molar refractivity (Wildman–Crippen MR) is 95.4 cm³/mol. The summed E-state index contributed by atoms with van der Waals surface area (Å²) >= 11 is 0. The molecular formula is C18H12F3N5O3. The van der Waals surface area contributed by atoms with Gasteiger partial charge in [-0.15, -0.1) is 0 Å². The zero-order valence-electron chi connectivity index (χ0n) is 14.7. The van der Waals surface area contributed by atoms with Crippen LogP contribution in [0.15, 0.2) is 52.0 Å². The molecule has 0 saturated heterocycles. The molecule has 0 aliphatic heterocycles. The molecule has 0 radical (unpaired) electrons. The molecule has 0 unspecified atom stereocenters. The Morgan fingerprint density at radius 3 is 2.55 bits per heavy atom. The fourth-order valence-corrected chi connectivity index (χ4v) is 2.99. The number of alkyl halides is 3. The number of carbonyl (C=O) groups excluding carboxylic acids is 1. The molecule has 2 N–H and O–H groups in total. The summed E-state index contributed by atoms with van der Waals surface area (Å²) in [6.45, 7) is 1.41. The highest BCUT2D eigenvalue weighted by atomic mass is 19.4. The van der Waals surface area contributed by atoms with Gasteiger partial charge in [-0.05, 0) is 12.5 Å². The molecule has 4 rings (SSSR count). The number of nitrogens with one attached hydrogen (secondary N) is 2. The Morgan fingerprint density at radius 2 is 1.93 bits per heavy atom. The van der Waals surface area contributed by atoms with Crippen LogP contribution in [0.1, 0.15) is 21.7 Å². The maximum atomic E-state index is 13.6. The number of fused-ring (bicyclic) bond motifs is 1. The molecule has 0 aliphatic rings. The van der Waals surface area contributed by atoms with E-state index in [1.807, 2.05) is 0 Å². The Labute approximate surface area is 160 Å². The number of amides is 1. The van der Waals surface area contributed by atoms with Gasteiger partial charge in [-0.3, -0.25) is 9.59 Å². The third-order valence-corrected chi connectivity index (χ3v) is 4.21. The van der Waals surface area contributed by atoms with E-state index in [1.165, 1.54) is 31.4 Å². The Kier molecular flexibility index (Phi) is 4.22. The van der Waals surface area contributed by atoms with Gasteiger partial charge >= 0.3 is 6.18 Å². The summed E-state index contributed by atoms with van der Waals surface area (Å²) < 4.78 is 46.0. The van der Waals surface area contributed by atoms with Crippen LogP contribution >= 0.6 is 0 Å². The van der Waals surface area contributed by atoms with Crippen LogP contribution in [0.3, 0.4) is 0 Å². The number of aromatic nitrogens is 4. The zero-order valence-corrected chi connectivity index (χ0v) is 14.7. The van der Waals surface area contributed by atoms with Gasteiger partial charge in [0.05, 0.1) is 5.56 Å². The van der Waals surface area contributed by atoms with E-state index in [-0.39, 0.29) is 28.3 Å². The summed E-state index contributed by atoms with van der Waals surface area (Å²) in [6.07, 6.45) is -3.60. The van der Waals surface area contributed by atoms with Gasteiger partial charge in [0.15, 0.2) is 11.5 Å². The topological polar surface area (TPSA) is 105 Å². The lowest BCUT2D eigenvalue weighted by Crippen LogP contribution is -2.29. The van der Waals surface area contributed by atoms with E-state index < -0.39 is 28.9 Å². The number of carbonyl (C=O) groups is 1. The average molecular weight is 403 g/mol. The van der Waals surface area contributed by atoms with E-state index in [0.717, 1.165) is 0 Å². The Balaban J connectivity index is 1.96. The van der Waals surface area contributed by atoms with E-state index >= 15 is 0 Å². The largest absolute Gasteiger partial charge is 0.435 e. The summed E-state index contributed by atoms with van der Waals surface area (Å²) in [7, 11) is 0. The number of hydrogen-bond donors (Lipinski definition) is 2. The molecule has 1 amide bonds. The second kappa shape index (κ2) is 6.62. The van der Waals surface area contributed by atoms with Crippen molar-refractivity contribution in [2.24, 2.45) is 0 Å². The molecule has 11 heteroatoms. The van der Waals surface area contributed by atoms with Gasteiger partial charge in [-0.2, -0.15) is 22.8 Å². The first-order valence-electron chi connectivity index (χ1n) is 8.27. The van der Waals surface area contributed by atoms with Gasteiger partial charge in [-0.25, -0.2) is 0 Å². The van der Waals surface area contributed by atoms with Gasteiger partial charge in [0.2, 0.25) is 0 Å². The quantitative estimate of drug-likeness (QED) is 0.546. The maximum absolute atomic E-state index is 13.6. The average Bonchev–Trinajstić information content (AvgIpc) is 3.29. The molecule has 1 aromatic carbocycles. The number of hydrogen-bond acceptors (Lipinski definition) is 5. The van der Waals surface area contributed by atoms with Crippen LogP contribution in [-0.4, -0.2) is 25.7 Å². The fourth-order valence-electron chi connectivity index (χ4n) is 2.99. The van der Waals surface area contributed by atoms with Crippen molar-refractivity contribution in [3.63, 3.8) is 0 Å². The van der Waals surface area contributed by atoms with Crippen molar-refractivity contribution in [1.82, 2.24) is 19.8 Å². The third kappa shape index (κ3) is 3.16. The highest BCUT2D eigenvalue weighted by molar-refractivity contribution is 6.04. The van der Waals surface area contributed by atoms with Crippen molar-refractivity contribution in [3.05, 3.63) is 70.0 Å². The van der Waals surface area contributed by atoms with Crippen molar-refractivity contribution in [1.29, 1.82) is 0 Å². The van der Waals surface area contributed by atoms with Gasteiger partial charge in [0.1, 0.15) is 17.5 Å². The Bertz CT molecular complexity index is 1260. The second-order valence-corrected chi connectivity index (χ2v) is 6.12. The Morgan fingerprint density at radius 1 is 1.21 bits per heavy atom. The molecule has 3 aromatic heterocycles. The molecule has 0 aliphatic carbocycles. The molecule has 0 atom stereocenters. The molecule has 4 aromatic rings. The van der Waals surface area contributed by atoms with E-state index in [9.17, 15) is 22.8 Å². The summed E-state index contributed by atoms with van der Waals surface area (Å²) in [4.78, 5) is 28.0. The number of halogens is 3. The molecule has 3 heterocycles. The number of rotatable bonds is 3. The van der Waals surface area contributed by atoms with Crippen LogP contribution in [0.5, 0.6) is 0 Å². The zero-order chi connectivity index (χ0) is 20.8. The molecular weight excluding hydrogens is 391 g/mol. The van der Waals surface area contributed by atoms with Crippen molar-refractivity contribution < 1.29 is 22.5 Å². The molecule has 0 fully saturated rings. The van der Waals surface area contributed by atoms with E-state index in [2.05, 4.69) is 25.1 Å². The fraction of sp³-hybridized carbons (Fsp3) is 0.111. The smallest absolute Gasteiger partial charge is 0.363 e. The minimum atomic E-state index is -4.81. The molecule has 0 saturated carbocycles. The Hall–Kier alpha value is -3.89. The minimum absolute atomic E-state index is 0.0512. The van der Waals surface area contributed by atoms with Crippen LogP contribution in [0, 0.1) is 6.92 Å². The lowest BCUT2D eigenvalue weighted by Gasteiger charge is -2.08. The number of nitrogens with zero attached hydrogens (tertiary/aromatic N) is 3. The molecule has 148 valence electrons. The number of H-pyrrole nitrogens is 1. The van der Waals surface area contributed by atoms with Gasteiger partial charge in [0, 0.05) is 11.8 Å². The molecule has 29 heavy (non-hydrogen) atoms. The van der Waals surface area contributed by atoms with Gasteiger partial charge < -0.3 is 14.8 Å². The summed E-state index contributed by atoms with van der Waals surface area (Å²) in [5.74, 6) is -0.805. The highest BCUT2D eigenvalue weighted by Gasteiger charge is 2.39. The number of benzene rings is 1. The summed E-state index contributed by atoms with van der Waals surface area (Å²) in [5, 5.41) is 9.32. The number of anilines is 1. The van der Waals surface area contributed by atoms with Crippen LogP contribution < -0.4 is 10.9 Å². The standard InChI is InChI=1S/C18H12F3N5O3/c1-9-12(16(27)23-11-7-8-29-25-11)17(28)26-15(22-9)13(10-5-3-2-4-6-10)14(24-26)18(19,20)21/h2-8,22H,1H3,(H,23,25,27). The van der Waals surface area contributed by atoms with Crippen LogP contribution in [-0.2, 0) is 6.18 Å². The van der Waals surface area contributed by atoms with Crippen LogP contribution in [0.2, 0.25) is 0 Å². The first-order valence-corrected chi connectivity index (χ1v) is 8.27. The van der Waals surface area contributed by atoms with E-state index in [4.69, 9.17) is 0 Å². The van der Waals surface area contributed by atoms with Crippen molar-refractivity contribution >= 4 is 17.4 Å². The van der Waals surface area contributed by atoms with Crippen molar-refractivity contribution in [2.75, 3.05) is 5.32 Å². The first kappa shape index (κ1) is 18.5. The first-order chi connectivity index (χ1) is 13.8. The lowest BCUT2D eigenvalue weighted by molar-refractivity contribution is -0.140. The summed E-state index contributed by atoms with van der Waals surface area (Å²) in [6, 6.07) is 9.11. The monoisotopic (exact) mass is 403 g/mol. The van der Waals surface area contributed by atoms with Crippen molar-refractivity contribution in [2.45, 2.75) is 13.1 Å². The van der Waals surface area contributed by atoms with Gasteiger partial charge in [0.25, 0.3) is 11.5 Å². The number of aryl methyl sites for hydroxylation is 1. The number of aromatic amines is 1. The van der Waals surface area contributed by atoms with E-state index in [0.29, 0.717) is 4.52 Å². The highest BCUT2D eigenvalue weighted by Crippen LogP contribution is 2.38. The minimum Gasteiger partial charge on any atom is -0.363 e. The van der Waals surface area contributed by atoms with Crippen LogP contribution in [0.25, 0.3) is 16.8 Å². The van der Waals surface area contributed by atoms with E-state index in [1.54, 1.807) is 18.2 Å². The van der Waals surface area contributed by atoms with Gasteiger partial charge in [-0.1, -0.05) is 35.5 Å². The lowest BCUT2D eigenvalue weighted by atomic mass is 10.1. The van der Waals surface area contributed by atoms with Crippen LogP contribution in [0.4, 0.5) is 19.0 Å². The molecule has 8 nitrogen and oxygen atoms in total. The predicted octanol–water partition coefficient (Wildman–Crippen LogP) is 3.26. The summed E-state index contributed by atoms with van der Waals surface area (Å²) in [5.41, 5.74) is -2.75. The third-order valence-electron chi connectivity index (χ3n) is 4.21. The SMILES string of the molecule is Cc1[nH]c2c(-c3ccccc3)c(C(F)(F)F)nn2c(=O)c1C(=O)Nc1ccon1. The molecule has 0 bridgehead atoms. The molecule has 0 spiro atoms. The maximum Gasteiger partial charge on any atom is 0.435 e.